The SMILES string of the molecule is CC[C@@H]1OC(=O)C(F)C(=O)[C@H](C)[C@@H](O[C@@H]2O[C@H](C)C[C@H](N(C)C)[C@H]2O)[C@@](C)(OC/C=C/c2cnc3ccccc3c2)C[C@@H](C)C(=O)[C@@H](C)[C@H]2NC(=O)O[C@]12C. The molecule has 55 heavy (non-hydrogen) atoms. The van der Waals surface area contributed by atoms with E-state index in [4.69, 9.17) is 23.7 Å². The Bertz CT molecular complexity index is 1760. The Balaban J connectivity index is 1.56. The van der Waals surface area contributed by atoms with Crippen molar-refractivity contribution in [2.45, 2.75) is 128 Å². The molecule has 1 aromatic heterocycles. The van der Waals surface area contributed by atoms with Gasteiger partial charge in [0.1, 0.15) is 18.0 Å². The van der Waals surface area contributed by atoms with Gasteiger partial charge in [-0.2, -0.15) is 0 Å². The standard InChI is InChI=1S/C41H56FN3O10/c1-10-30-41(7)35(44-39(50)55-41)24(4)32(46)22(2)20-40(6,51-17-13-14-26-19-27-15-11-12-16-28(27)43-21-26)36(25(5)33(47)31(42)37(49)53-30)54-38-34(48)29(45(8)9)18-23(3)52-38/h11-16,19,21-25,29-31,34-36,38,48H,10,17-18,20H2,1-9H3,(H,44,50)/b14-13+/t22-,23-,24-,25+,29+,30+,31?,34-,35-,36-,38+,40+,41-/m1/s1. The van der Waals surface area contributed by atoms with Crippen LogP contribution in [0.1, 0.15) is 73.3 Å². The predicted octanol–water partition coefficient (Wildman–Crippen LogP) is 4.81. The highest BCUT2D eigenvalue weighted by Gasteiger charge is 2.57. The number of aliphatic hydroxyl groups excluding tert-OH is 1. The summed E-state index contributed by atoms with van der Waals surface area (Å²) in [5, 5.41) is 15.1. The molecule has 0 saturated carbocycles. The fourth-order valence-corrected chi connectivity index (χ4v) is 8.52. The van der Waals surface area contributed by atoms with Crippen molar-refractivity contribution in [1.29, 1.82) is 0 Å². The van der Waals surface area contributed by atoms with Crippen LogP contribution in [0.4, 0.5) is 9.18 Å². The second-order valence-corrected chi connectivity index (χ2v) is 16.0. The molecule has 2 N–H and O–H groups in total. The molecule has 3 aliphatic rings. The van der Waals surface area contributed by atoms with Crippen LogP contribution < -0.4 is 5.32 Å². The summed E-state index contributed by atoms with van der Waals surface area (Å²) >= 11 is 0. The number of Topliss-reactive ketones (excluding diaryl/α,β-unsaturated/α-hetero) is 2. The van der Waals surface area contributed by atoms with Crippen LogP contribution >= 0.6 is 0 Å². The van der Waals surface area contributed by atoms with Gasteiger partial charge in [-0.15, -0.1) is 0 Å². The Labute approximate surface area is 322 Å². The third kappa shape index (κ3) is 8.93. The van der Waals surface area contributed by atoms with Crippen LogP contribution in [0.3, 0.4) is 0 Å². The first-order valence-electron chi connectivity index (χ1n) is 19.1. The lowest BCUT2D eigenvalue weighted by molar-refractivity contribution is -0.296. The predicted molar refractivity (Wildman–Crippen MR) is 201 cm³/mol. The summed E-state index contributed by atoms with van der Waals surface area (Å²) in [4.78, 5) is 60.8. The molecule has 4 heterocycles. The quantitative estimate of drug-likeness (QED) is 0.279. The van der Waals surface area contributed by atoms with E-state index >= 15 is 4.39 Å². The highest BCUT2D eigenvalue weighted by Crippen LogP contribution is 2.40. The van der Waals surface area contributed by atoms with Crippen LogP contribution in [0.5, 0.6) is 0 Å². The summed E-state index contributed by atoms with van der Waals surface area (Å²) in [5.41, 5.74) is -1.41. The van der Waals surface area contributed by atoms with E-state index in [1.807, 2.05) is 62.3 Å². The Kier molecular flexibility index (Phi) is 13.2. The summed E-state index contributed by atoms with van der Waals surface area (Å²) in [5.74, 6) is -5.85. The van der Waals surface area contributed by atoms with Crippen LogP contribution in [-0.2, 0) is 38.1 Å². The normalized spacial score (nSPS) is 38.1. The van der Waals surface area contributed by atoms with Gasteiger partial charge in [-0.05, 0) is 71.8 Å². The molecule has 1 amide bonds. The number of likely N-dealkylation sites (N-methyl/N-ethyl adjacent to an activating group) is 1. The molecule has 13 nitrogen and oxygen atoms in total. The number of cyclic esters (lactones) is 1. The van der Waals surface area contributed by atoms with Gasteiger partial charge in [0.15, 0.2) is 17.7 Å². The maximum absolute atomic E-state index is 16.2. The number of benzene rings is 1. The number of pyridine rings is 1. The Hall–Kier alpha value is -3.82. The molecule has 5 rings (SSSR count). The number of rotatable bonds is 8. The monoisotopic (exact) mass is 769 g/mol. The van der Waals surface area contributed by atoms with Gasteiger partial charge in [0.25, 0.3) is 6.17 Å². The van der Waals surface area contributed by atoms with Crippen molar-refractivity contribution in [2.75, 3.05) is 20.7 Å². The molecule has 0 radical (unpaired) electrons. The Morgan fingerprint density at radius 2 is 1.78 bits per heavy atom. The number of amides is 1. The van der Waals surface area contributed by atoms with Crippen LogP contribution in [0, 0.1) is 17.8 Å². The summed E-state index contributed by atoms with van der Waals surface area (Å²) in [7, 11) is 3.64. The number of aromatic nitrogens is 1. The number of alkyl halides is 1. The number of hydrogen-bond donors (Lipinski definition) is 2. The average Bonchev–Trinajstić information content (AvgIpc) is 3.47. The second kappa shape index (κ2) is 17.1. The number of para-hydroxylation sites is 1. The van der Waals surface area contributed by atoms with E-state index in [0.717, 1.165) is 16.5 Å². The molecular formula is C41H56FN3O10. The highest BCUT2D eigenvalue weighted by molar-refractivity contribution is 6.03. The molecule has 13 atom stereocenters. The molecule has 1 aromatic carbocycles. The van der Waals surface area contributed by atoms with E-state index in [9.17, 15) is 24.3 Å². The van der Waals surface area contributed by atoms with Crippen molar-refractivity contribution in [3.63, 3.8) is 0 Å². The topological polar surface area (TPSA) is 163 Å². The first-order valence-corrected chi connectivity index (χ1v) is 19.1. The lowest BCUT2D eigenvalue weighted by Gasteiger charge is -2.47. The molecule has 14 heteroatoms. The molecule has 0 aliphatic carbocycles. The van der Waals surface area contributed by atoms with Gasteiger partial charge in [-0.1, -0.05) is 58.0 Å². The fraction of sp³-hybridized carbons (Fsp3) is 0.634. The summed E-state index contributed by atoms with van der Waals surface area (Å²) < 4.78 is 46.7. The molecule has 2 aromatic rings. The number of aliphatic hydroxyl groups is 1. The van der Waals surface area contributed by atoms with Crippen molar-refractivity contribution < 1.29 is 52.4 Å². The smallest absolute Gasteiger partial charge is 0.408 e. The first-order chi connectivity index (χ1) is 25.9. The molecule has 0 spiro atoms. The van der Waals surface area contributed by atoms with Gasteiger partial charge in [0.05, 0.1) is 36.0 Å². The van der Waals surface area contributed by atoms with Crippen molar-refractivity contribution in [2.24, 2.45) is 17.8 Å². The molecule has 302 valence electrons. The molecule has 3 aliphatic heterocycles. The van der Waals surface area contributed by atoms with Gasteiger partial charge in [0, 0.05) is 35.4 Å². The molecule has 0 bridgehead atoms. The van der Waals surface area contributed by atoms with Crippen LogP contribution in [0.25, 0.3) is 17.0 Å². The second-order valence-electron chi connectivity index (χ2n) is 16.0. The van der Waals surface area contributed by atoms with Gasteiger partial charge in [-0.3, -0.25) is 14.6 Å². The zero-order chi connectivity index (χ0) is 40.4. The largest absolute Gasteiger partial charge is 0.456 e. The van der Waals surface area contributed by atoms with Crippen LogP contribution in [0.15, 0.2) is 42.6 Å². The van der Waals surface area contributed by atoms with Crippen LogP contribution in [-0.4, -0.2) is 119 Å². The van der Waals surface area contributed by atoms with E-state index in [1.165, 1.54) is 13.8 Å². The van der Waals surface area contributed by atoms with Crippen LogP contribution in [0.2, 0.25) is 0 Å². The maximum Gasteiger partial charge on any atom is 0.408 e. The maximum atomic E-state index is 16.2. The van der Waals surface area contributed by atoms with Crippen molar-refractivity contribution >= 4 is 40.6 Å². The van der Waals surface area contributed by atoms with Crippen molar-refractivity contribution in [1.82, 2.24) is 15.2 Å². The molecule has 3 saturated heterocycles. The minimum atomic E-state index is -2.74. The number of alkyl carbamates (subject to hydrolysis) is 1. The zero-order valence-electron chi connectivity index (χ0n) is 33.2. The van der Waals surface area contributed by atoms with E-state index in [2.05, 4.69) is 10.3 Å². The van der Waals surface area contributed by atoms with Gasteiger partial charge >= 0.3 is 12.1 Å². The lowest BCUT2D eigenvalue weighted by atomic mass is 9.74. The third-order valence-corrected chi connectivity index (χ3v) is 11.6. The van der Waals surface area contributed by atoms with Gasteiger partial charge < -0.3 is 39.0 Å². The first kappa shape index (κ1) is 42.3. The van der Waals surface area contributed by atoms with E-state index < -0.39 is 83.6 Å². The number of halogens is 1. The van der Waals surface area contributed by atoms with E-state index in [0.29, 0.717) is 6.42 Å². The van der Waals surface area contributed by atoms with Gasteiger partial charge in [-0.25, -0.2) is 14.0 Å². The third-order valence-electron chi connectivity index (χ3n) is 11.6. The number of ketones is 2. The Morgan fingerprint density at radius 1 is 1.07 bits per heavy atom. The number of carbonyl (C=O) groups is 4. The number of esters is 1. The number of nitrogens with zero attached hydrogens (tertiary/aromatic N) is 2. The highest BCUT2D eigenvalue weighted by atomic mass is 19.1. The number of ether oxygens (including phenoxy) is 5. The van der Waals surface area contributed by atoms with Crippen molar-refractivity contribution in [3.05, 3.63) is 48.2 Å². The number of fused-ring (bicyclic) bond motifs is 2. The fourth-order valence-electron chi connectivity index (χ4n) is 8.52. The van der Waals surface area contributed by atoms with E-state index in [-0.39, 0.29) is 37.4 Å². The zero-order valence-corrected chi connectivity index (χ0v) is 33.2. The molecule has 1 unspecified atom stereocenters. The average molecular weight is 770 g/mol. The molecular weight excluding hydrogens is 713 g/mol. The Morgan fingerprint density at radius 3 is 2.47 bits per heavy atom. The minimum absolute atomic E-state index is 0.0316. The number of carbonyl (C=O) groups excluding carboxylic acids is 4. The molecule has 3 fully saturated rings. The minimum Gasteiger partial charge on any atom is -0.456 e. The van der Waals surface area contributed by atoms with Gasteiger partial charge in [0.2, 0.25) is 0 Å². The summed E-state index contributed by atoms with van der Waals surface area (Å²) in [6.45, 7) is 11.5. The number of hydrogen-bond acceptors (Lipinski definition) is 12. The van der Waals surface area contributed by atoms with Crippen molar-refractivity contribution in [3.8, 4) is 0 Å². The summed E-state index contributed by atoms with van der Waals surface area (Å²) in [6.07, 6.45) is -3.01. The van der Waals surface area contributed by atoms with E-state index in [1.54, 1.807) is 40.0 Å². The lowest BCUT2D eigenvalue weighted by Crippen LogP contribution is -2.60. The summed E-state index contributed by atoms with van der Waals surface area (Å²) in [6, 6.07) is 8.36. The number of nitrogens with one attached hydrogen (secondary N) is 1.